The standard InChI is InChI=1S/C11H17N5O3/c1-16-14-10(13-15-16)12-8(17)6-11(7-9(18)19)4-2-3-5-11/h2-7H2,1H3,(H,18,19)(H,12,14,17). The van der Waals surface area contributed by atoms with E-state index < -0.39 is 11.4 Å². The fraction of sp³-hybridized carbons (Fsp3) is 0.727. The molecule has 1 aliphatic carbocycles. The highest BCUT2D eigenvalue weighted by Crippen LogP contribution is 2.44. The van der Waals surface area contributed by atoms with Crippen molar-refractivity contribution in [2.24, 2.45) is 12.5 Å². The molecule has 0 radical (unpaired) electrons. The van der Waals surface area contributed by atoms with Gasteiger partial charge in [0.2, 0.25) is 5.91 Å². The summed E-state index contributed by atoms with van der Waals surface area (Å²) >= 11 is 0. The number of carboxylic acids is 1. The average molecular weight is 267 g/mol. The average Bonchev–Trinajstić information content (AvgIpc) is 2.87. The first kappa shape index (κ1) is 13.4. The van der Waals surface area contributed by atoms with Crippen LogP contribution < -0.4 is 5.32 Å². The van der Waals surface area contributed by atoms with Gasteiger partial charge in [-0.1, -0.05) is 17.9 Å². The van der Waals surface area contributed by atoms with Crippen LogP contribution in [0.4, 0.5) is 5.95 Å². The van der Waals surface area contributed by atoms with Crippen LogP contribution in [0.2, 0.25) is 0 Å². The molecule has 1 heterocycles. The third kappa shape index (κ3) is 3.49. The van der Waals surface area contributed by atoms with Crippen LogP contribution in [0, 0.1) is 5.41 Å². The number of hydrogen-bond donors (Lipinski definition) is 2. The molecule has 104 valence electrons. The summed E-state index contributed by atoms with van der Waals surface area (Å²) in [5, 5.41) is 22.7. The lowest BCUT2D eigenvalue weighted by atomic mass is 9.79. The van der Waals surface area contributed by atoms with E-state index in [1.165, 1.54) is 4.80 Å². The maximum atomic E-state index is 11.9. The summed E-state index contributed by atoms with van der Waals surface area (Å²) in [5.41, 5.74) is -0.419. The summed E-state index contributed by atoms with van der Waals surface area (Å²) in [6, 6.07) is 0. The van der Waals surface area contributed by atoms with Crippen molar-refractivity contribution in [2.45, 2.75) is 38.5 Å². The van der Waals surface area contributed by atoms with Gasteiger partial charge < -0.3 is 5.11 Å². The maximum absolute atomic E-state index is 11.9. The van der Waals surface area contributed by atoms with Crippen molar-refractivity contribution in [2.75, 3.05) is 5.32 Å². The van der Waals surface area contributed by atoms with Crippen LogP contribution in [0.5, 0.6) is 0 Å². The molecule has 1 amide bonds. The van der Waals surface area contributed by atoms with Crippen LogP contribution in [0.15, 0.2) is 0 Å². The number of rotatable bonds is 5. The number of carbonyl (C=O) groups is 2. The molecule has 19 heavy (non-hydrogen) atoms. The van der Waals surface area contributed by atoms with E-state index in [9.17, 15) is 9.59 Å². The lowest BCUT2D eigenvalue weighted by molar-refractivity contribution is -0.140. The molecule has 1 aliphatic rings. The van der Waals surface area contributed by atoms with Crippen molar-refractivity contribution in [1.82, 2.24) is 20.2 Å². The zero-order valence-electron chi connectivity index (χ0n) is 10.8. The molecule has 0 unspecified atom stereocenters. The summed E-state index contributed by atoms with van der Waals surface area (Å²) in [4.78, 5) is 24.1. The number of nitrogens with one attached hydrogen (secondary N) is 1. The second kappa shape index (κ2) is 5.33. The zero-order valence-corrected chi connectivity index (χ0v) is 10.8. The lowest BCUT2D eigenvalue weighted by Crippen LogP contribution is -2.28. The molecule has 2 N–H and O–H groups in total. The first-order valence-corrected chi connectivity index (χ1v) is 6.25. The first-order valence-electron chi connectivity index (χ1n) is 6.25. The quantitative estimate of drug-likeness (QED) is 0.807. The van der Waals surface area contributed by atoms with Crippen molar-refractivity contribution < 1.29 is 14.7 Å². The fourth-order valence-electron chi connectivity index (χ4n) is 2.71. The van der Waals surface area contributed by atoms with E-state index in [4.69, 9.17) is 5.11 Å². The van der Waals surface area contributed by atoms with Gasteiger partial charge >= 0.3 is 5.97 Å². The maximum Gasteiger partial charge on any atom is 0.303 e. The molecule has 1 saturated carbocycles. The normalized spacial score (nSPS) is 17.3. The van der Waals surface area contributed by atoms with Gasteiger partial charge in [-0.3, -0.25) is 14.9 Å². The predicted molar refractivity (Wildman–Crippen MR) is 65.2 cm³/mol. The summed E-state index contributed by atoms with van der Waals surface area (Å²) in [6.45, 7) is 0. The van der Waals surface area contributed by atoms with E-state index in [0.717, 1.165) is 25.7 Å². The number of tetrazole rings is 1. The SMILES string of the molecule is Cn1nnc(NC(=O)CC2(CC(=O)O)CCCC2)n1. The predicted octanol–water partition coefficient (Wildman–Crippen LogP) is 0.574. The van der Waals surface area contributed by atoms with Crippen molar-refractivity contribution >= 4 is 17.8 Å². The fourth-order valence-corrected chi connectivity index (χ4v) is 2.71. The topological polar surface area (TPSA) is 110 Å². The number of carbonyl (C=O) groups excluding carboxylic acids is 1. The number of anilines is 1. The Bertz CT molecular complexity index is 478. The molecule has 0 spiro atoms. The number of aromatic nitrogens is 4. The van der Waals surface area contributed by atoms with E-state index in [1.807, 2.05) is 0 Å². The second-order valence-corrected chi connectivity index (χ2v) is 5.11. The molecule has 1 aromatic rings. The highest BCUT2D eigenvalue weighted by Gasteiger charge is 2.38. The summed E-state index contributed by atoms with van der Waals surface area (Å²) < 4.78 is 0. The van der Waals surface area contributed by atoms with E-state index in [-0.39, 0.29) is 24.7 Å². The Morgan fingerprint density at radius 3 is 2.58 bits per heavy atom. The smallest absolute Gasteiger partial charge is 0.303 e. The van der Waals surface area contributed by atoms with Crippen molar-refractivity contribution in [1.29, 1.82) is 0 Å². The molecule has 0 saturated heterocycles. The van der Waals surface area contributed by atoms with Crippen LogP contribution in [-0.4, -0.2) is 37.2 Å². The van der Waals surface area contributed by atoms with Crippen molar-refractivity contribution in [3.05, 3.63) is 0 Å². The highest BCUT2D eigenvalue weighted by atomic mass is 16.4. The summed E-state index contributed by atoms with van der Waals surface area (Å²) in [6.07, 6.45) is 3.74. The van der Waals surface area contributed by atoms with Crippen LogP contribution in [0.25, 0.3) is 0 Å². The molecule has 0 bridgehead atoms. The Labute approximate surface area is 110 Å². The van der Waals surface area contributed by atoms with E-state index in [0.29, 0.717) is 0 Å². The van der Waals surface area contributed by atoms with Gasteiger partial charge in [-0.15, -0.1) is 5.10 Å². The molecule has 8 heteroatoms. The van der Waals surface area contributed by atoms with Gasteiger partial charge in [0.1, 0.15) is 0 Å². The zero-order chi connectivity index (χ0) is 13.9. The van der Waals surface area contributed by atoms with Gasteiger partial charge in [-0.05, 0) is 23.5 Å². The Hall–Kier alpha value is -1.99. The van der Waals surface area contributed by atoms with Crippen LogP contribution in [0.1, 0.15) is 38.5 Å². The number of aliphatic carboxylic acids is 1. The summed E-state index contributed by atoms with van der Waals surface area (Å²) in [7, 11) is 1.60. The van der Waals surface area contributed by atoms with E-state index >= 15 is 0 Å². The van der Waals surface area contributed by atoms with Crippen LogP contribution in [0.3, 0.4) is 0 Å². The number of nitrogens with zero attached hydrogens (tertiary/aromatic N) is 4. The lowest BCUT2D eigenvalue weighted by Gasteiger charge is -2.25. The van der Waals surface area contributed by atoms with Gasteiger partial charge in [0, 0.05) is 6.42 Å². The number of amides is 1. The van der Waals surface area contributed by atoms with E-state index in [2.05, 4.69) is 20.7 Å². The van der Waals surface area contributed by atoms with Gasteiger partial charge in [0.25, 0.3) is 5.95 Å². The molecule has 0 atom stereocenters. The Morgan fingerprint density at radius 1 is 1.37 bits per heavy atom. The van der Waals surface area contributed by atoms with Crippen LogP contribution >= 0.6 is 0 Å². The monoisotopic (exact) mass is 267 g/mol. The van der Waals surface area contributed by atoms with Gasteiger partial charge in [0.05, 0.1) is 13.5 Å². The van der Waals surface area contributed by atoms with Gasteiger partial charge in [-0.25, -0.2) is 0 Å². The minimum atomic E-state index is -0.854. The molecule has 0 aliphatic heterocycles. The Balaban J connectivity index is 1.97. The summed E-state index contributed by atoms with van der Waals surface area (Å²) in [5.74, 6) is -0.959. The second-order valence-electron chi connectivity index (χ2n) is 5.11. The Kier molecular flexibility index (Phi) is 3.77. The molecule has 0 aromatic carbocycles. The largest absolute Gasteiger partial charge is 0.481 e. The van der Waals surface area contributed by atoms with Gasteiger partial charge in [-0.2, -0.15) is 4.80 Å². The first-order chi connectivity index (χ1) is 8.99. The van der Waals surface area contributed by atoms with E-state index in [1.54, 1.807) is 7.05 Å². The third-order valence-corrected chi connectivity index (χ3v) is 3.49. The van der Waals surface area contributed by atoms with Crippen molar-refractivity contribution in [3.63, 3.8) is 0 Å². The number of aryl methyl sites for hydroxylation is 1. The molecule has 1 fully saturated rings. The molecule has 2 rings (SSSR count). The Morgan fingerprint density at radius 2 is 2.05 bits per heavy atom. The highest BCUT2D eigenvalue weighted by molar-refractivity contribution is 5.89. The number of carboxylic acid groups (broad SMARTS) is 1. The molecular weight excluding hydrogens is 250 g/mol. The minimum Gasteiger partial charge on any atom is -0.481 e. The van der Waals surface area contributed by atoms with Gasteiger partial charge in [0.15, 0.2) is 0 Å². The number of hydrogen-bond acceptors (Lipinski definition) is 5. The van der Waals surface area contributed by atoms with Crippen LogP contribution in [-0.2, 0) is 16.6 Å². The minimum absolute atomic E-state index is 0.0360. The molecule has 1 aromatic heterocycles. The van der Waals surface area contributed by atoms with Crippen molar-refractivity contribution in [3.8, 4) is 0 Å². The molecule has 8 nitrogen and oxygen atoms in total. The molecular formula is C11H17N5O3. The third-order valence-electron chi connectivity index (χ3n) is 3.49.